The lowest BCUT2D eigenvalue weighted by atomic mass is 10.2. The van der Waals surface area contributed by atoms with Gasteiger partial charge in [0.15, 0.2) is 23.8 Å². The predicted molar refractivity (Wildman–Crippen MR) is 77.3 cm³/mol. The van der Waals surface area contributed by atoms with Crippen molar-refractivity contribution in [3.8, 4) is 17.1 Å². The van der Waals surface area contributed by atoms with E-state index in [1.54, 1.807) is 0 Å². The van der Waals surface area contributed by atoms with Crippen molar-refractivity contribution in [3.05, 3.63) is 64.9 Å². The Labute approximate surface area is 125 Å². The van der Waals surface area contributed by atoms with E-state index < -0.39 is 11.5 Å². The van der Waals surface area contributed by atoms with Crippen molar-refractivity contribution in [1.29, 1.82) is 0 Å². The van der Waals surface area contributed by atoms with Crippen LogP contribution in [0.4, 0.5) is 4.39 Å². The van der Waals surface area contributed by atoms with Crippen LogP contribution in [0.5, 0.6) is 0 Å². The molecule has 0 atom stereocenters. The minimum absolute atomic E-state index is 0.0771. The number of aromatic nitrogens is 3. The van der Waals surface area contributed by atoms with E-state index in [-0.39, 0.29) is 17.4 Å². The summed E-state index contributed by atoms with van der Waals surface area (Å²) in [6, 6.07) is 9.23. The minimum atomic E-state index is -0.547. The molecule has 5 nitrogen and oxygen atoms in total. The van der Waals surface area contributed by atoms with Gasteiger partial charge in [-0.15, -0.1) is 0 Å². The highest BCUT2D eigenvalue weighted by Crippen LogP contribution is 2.39. The van der Waals surface area contributed by atoms with E-state index in [1.165, 1.54) is 6.39 Å². The highest BCUT2D eigenvalue weighted by Gasteiger charge is 2.29. The first-order valence-corrected chi connectivity index (χ1v) is 7.02. The van der Waals surface area contributed by atoms with Gasteiger partial charge in [0.2, 0.25) is 0 Å². The Morgan fingerprint density at radius 1 is 1.23 bits per heavy atom. The molecule has 0 radical (unpaired) electrons. The standard InChI is InChI=1S/C16H12FN3O2/c17-12-8-20(16(21)19-13(12)10-6-7-10)15-14(22-9-18-15)11-4-2-1-3-5-11/h1-5,8-10H,6-7H2. The second-order valence-corrected chi connectivity index (χ2v) is 5.27. The zero-order chi connectivity index (χ0) is 15.1. The van der Waals surface area contributed by atoms with Crippen molar-refractivity contribution in [1.82, 2.24) is 14.5 Å². The van der Waals surface area contributed by atoms with Crippen molar-refractivity contribution in [2.75, 3.05) is 0 Å². The summed E-state index contributed by atoms with van der Waals surface area (Å²) in [7, 11) is 0. The molecule has 110 valence electrons. The monoisotopic (exact) mass is 297 g/mol. The van der Waals surface area contributed by atoms with Crippen LogP contribution in [0, 0.1) is 5.82 Å². The van der Waals surface area contributed by atoms with Gasteiger partial charge in [0, 0.05) is 11.5 Å². The van der Waals surface area contributed by atoms with Gasteiger partial charge in [0.1, 0.15) is 0 Å². The molecule has 22 heavy (non-hydrogen) atoms. The molecule has 0 saturated heterocycles. The van der Waals surface area contributed by atoms with Crippen molar-refractivity contribution >= 4 is 0 Å². The van der Waals surface area contributed by atoms with E-state index >= 15 is 0 Å². The maximum Gasteiger partial charge on any atom is 0.353 e. The third kappa shape index (κ3) is 2.13. The van der Waals surface area contributed by atoms with E-state index in [4.69, 9.17) is 4.42 Å². The van der Waals surface area contributed by atoms with Gasteiger partial charge in [0.05, 0.1) is 11.9 Å². The Morgan fingerprint density at radius 3 is 2.73 bits per heavy atom. The summed E-state index contributed by atoms with van der Waals surface area (Å²) in [5.41, 5.74) is 0.467. The van der Waals surface area contributed by atoms with Crippen LogP contribution >= 0.6 is 0 Å². The summed E-state index contributed by atoms with van der Waals surface area (Å²) in [4.78, 5) is 20.1. The van der Waals surface area contributed by atoms with Crippen molar-refractivity contribution in [2.24, 2.45) is 0 Å². The van der Waals surface area contributed by atoms with Crippen LogP contribution in [-0.2, 0) is 0 Å². The molecule has 2 heterocycles. The Hall–Kier alpha value is -2.76. The van der Waals surface area contributed by atoms with Crippen LogP contribution in [-0.4, -0.2) is 14.5 Å². The summed E-state index contributed by atoms with van der Waals surface area (Å²) in [6.07, 6.45) is 4.14. The summed E-state index contributed by atoms with van der Waals surface area (Å²) in [6.45, 7) is 0. The van der Waals surface area contributed by atoms with Crippen LogP contribution in [0.15, 0.2) is 52.1 Å². The molecule has 0 spiro atoms. The van der Waals surface area contributed by atoms with Crippen LogP contribution in [0.3, 0.4) is 0 Å². The van der Waals surface area contributed by atoms with Gasteiger partial charge in [-0.3, -0.25) is 0 Å². The number of benzene rings is 1. The molecule has 0 aliphatic heterocycles. The zero-order valence-corrected chi connectivity index (χ0v) is 11.6. The molecule has 0 amide bonds. The Kier molecular flexibility index (Phi) is 2.89. The fourth-order valence-corrected chi connectivity index (χ4v) is 2.44. The molecular formula is C16H12FN3O2. The maximum atomic E-state index is 14.2. The average Bonchev–Trinajstić information content (AvgIpc) is 3.26. The van der Waals surface area contributed by atoms with Gasteiger partial charge in [-0.2, -0.15) is 9.97 Å². The van der Waals surface area contributed by atoms with Gasteiger partial charge >= 0.3 is 5.69 Å². The maximum absolute atomic E-state index is 14.2. The highest BCUT2D eigenvalue weighted by atomic mass is 19.1. The van der Waals surface area contributed by atoms with Gasteiger partial charge in [-0.1, -0.05) is 30.3 Å². The van der Waals surface area contributed by atoms with Gasteiger partial charge in [-0.05, 0) is 12.8 Å². The Morgan fingerprint density at radius 2 is 2.00 bits per heavy atom. The van der Waals surface area contributed by atoms with Crippen LogP contribution < -0.4 is 5.69 Å². The fraction of sp³-hybridized carbons (Fsp3) is 0.188. The molecule has 1 aliphatic carbocycles. The van der Waals surface area contributed by atoms with Crippen LogP contribution in [0.25, 0.3) is 17.1 Å². The minimum Gasteiger partial charge on any atom is -0.441 e. The normalized spacial score (nSPS) is 14.2. The molecule has 3 aromatic rings. The average molecular weight is 297 g/mol. The molecule has 6 heteroatoms. The fourth-order valence-electron chi connectivity index (χ4n) is 2.44. The lowest BCUT2D eigenvalue weighted by Crippen LogP contribution is -2.24. The number of hydrogen-bond donors (Lipinski definition) is 0. The van der Waals surface area contributed by atoms with Gasteiger partial charge < -0.3 is 4.42 Å². The molecule has 0 N–H and O–H groups in total. The van der Waals surface area contributed by atoms with Gasteiger partial charge in [-0.25, -0.2) is 13.8 Å². The molecule has 0 unspecified atom stereocenters. The molecule has 4 rings (SSSR count). The number of nitrogens with zero attached hydrogens (tertiary/aromatic N) is 3. The second kappa shape index (κ2) is 4.91. The molecule has 2 aromatic heterocycles. The number of oxazole rings is 1. The molecule has 1 saturated carbocycles. The Bertz CT molecular complexity index is 882. The van der Waals surface area contributed by atoms with Gasteiger partial charge in [0.25, 0.3) is 0 Å². The molecule has 0 bridgehead atoms. The van der Waals surface area contributed by atoms with E-state index in [9.17, 15) is 9.18 Å². The predicted octanol–water partition coefficient (Wildman–Crippen LogP) is 2.90. The number of rotatable bonds is 3. The van der Waals surface area contributed by atoms with E-state index in [2.05, 4.69) is 9.97 Å². The number of halogens is 1. The van der Waals surface area contributed by atoms with E-state index in [1.807, 2.05) is 30.3 Å². The lowest BCUT2D eigenvalue weighted by molar-refractivity contribution is 0.568. The molecule has 1 aromatic carbocycles. The lowest BCUT2D eigenvalue weighted by Gasteiger charge is -2.06. The number of hydrogen-bond acceptors (Lipinski definition) is 4. The van der Waals surface area contributed by atoms with E-state index in [0.29, 0.717) is 5.76 Å². The van der Waals surface area contributed by atoms with E-state index in [0.717, 1.165) is 29.2 Å². The third-order valence-electron chi connectivity index (χ3n) is 3.69. The quantitative estimate of drug-likeness (QED) is 0.745. The van der Waals surface area contributed by atoms with Crippen LogP contribution in [0.2, 0.25) is 0 Å². The van der Waals surface area contributed by atoms with Crippen molar-refractivity contribution in [3.63, 3.8) is 0 Å². The van der Waals surface area contributed by atoms with Crippen molar-refractivity contribution in [2.45, 2.75) is 18.8 Å². The first kappa shape index (κ1) is 12.9. The first-order chi connectivity index (χ1) is 10.7. The topological polar surface area (TPSA) is 60.9 Å². The smallest absolute Gasteiger partial charge is 0.353 e. The summed E-state index contributed by atoms with van der Waals surface area (Å²) >= 11 is 0. The highest BCUT2D eigenvalue weighted by molar-refractivity contribution is 5.64. The summed E-state index contributed by atoms with van der Waals surface area (Å²) in [5, 5.41) is 0. The third-order valence-corrected chi connectivity index (χ3v) is 3.69. The van der Waals surface area contributed by atoms with Crippen molar-refractivity contribution < 1.29 is 8.81 Å². The zero-order valence-electron chi connectivity index (χ0n) is 11.6. The SMILES string of the molecule is O=c1nc(C2CC2)c(F)cn1-c1ncoc1-c1ccccc1. The summed E-state index contributed by atoms with van der Waals surface area (Å²) < 4.78 is 20.6. The molecule has 1 fully saturated rings. The Balaban J connectivity index is 1.85. The summed E-state index contributed by atoms with van der Waals surface area (Å²) in [5.74, 6) is 0.241. The van der Waals surface area contributed by atoms with Crippen LogP contribution in [0.1, 0.15) is 24.5 Å². The molecular weight excluding hydrogens is 285 g/mol. The first-order valence-electron chi connectivity index (χ1n) is 7.02. The second-order valence-electron chi connectivity index (χ2n) is 5.27. The molecule has 1 aliphatic rings. The largest absolute Gasteiger partial charge is 0.441 e.